The quantitative estimate of drug-likeness (QED) is 0.927. The molecule has 1 aromatic heterocycles. The summed E-state index contributed by atoms with van der Waals surface area (Å²) in [6, 6.07) is 8.78. The summed E-state index contributed by atoms with van der Waals surface area (Å²) in [5, 5.41) is 4.76. The number of fused-ring (bicyclic) bond motifs is 1. The van der Waals surface area contributed by atoms with Crippen LogP contribution in [0.1, 0.15) is 32.1 Å². The first-order valence-electron chi connectivity index (χ1n) is 7.44. The van der Waals surface area contributed by atoms with Gasteiger partial charge in [-0.2, -0.15) is 4.98 Å². The molecule has 1 aromatic carbocycles. The Kier molecular flexibility index (Phi) is 3.72. The molecule has 1 aliphatic carbocycles. The van der Waals surface area contributed by atoms with Crippen LogP contribution >= 0.6 is 0 Å². The van der Waals surface area contributed by atoms with E-state index in [1.807, 2.05) is 31.1 Å². The molecular weight excluding hydrogens is 248 g/mol. The van der Waals surface area contributed by atoms with Crippen molar-refractivity contribution in [2.45, 2.75) is 38.1 Å². The number of benzene rings is 1. The summed E-state index contributed by atoms with van der Waals surface area (Å²) in [5.74, 6) is 1.74. The van der Waals surface area contributed by atoms with Gasteiger partial charge in [-0.15, -0.1) is 0 Å². The van der Waals surface area contributed by atoms with Gasteiger partial charge in [0.1, 0.15) is 5.82 Å². The molecule has 3 rings (SSSR count). The number of rotatable bonds is 3. The fourth-order valence-electron chi connectivity index (χ4n) is 2.81. The van der Waals surface area contributed by atoms with Crippen LogP contribution in [0.5, 0.6) is 0 Å². The van der Waals surface area contributed by atoms with Crippen molar-refractivity contribution in [2.24, 2.45) is 0 Å². The summed E-state index contributed by atoms with van der Waals surface area (Å²) in [6.07, 6.45) is 6.50. The molecule has 0 atom stereocenters. The molecule has 2 aromatic rings. The molecule has 0 radical (unpaired) electrons. The van der Waals surface area contributed by atoms with Crippen molar-refractivity contribution in [3.63, 3.8) is 0 Å². The minimum Gasteiger partial charge on any atom is -0.367 e. The minimum atomic E-state index is 0.553. The zero-order valence-electron chi connectivity index (χ0n) is 12.3. The van der Waals surface area contributed by atoms with Gasteiger partial charge in [-0.25, -0.2) is 4.98 Å². The summed E-state index contributed by atoms with van der Waals surface area (Å²) in [7, 11) is 3.96. The lowest BCUT2D eigenvalue weighted by molar-refractivity contribution is 0.462. The molecule has 0 unspecified atom stereocenters. The minimum absolute atomic E-state index is 0.553. The second kappa shape index (κ2) is 5.65. The number of aromatic nitrogens is 2. The highest BCUT2D eigenvalue weighted by atomic mass is 15.2. The van der Waals surface area contributed by atoms with Crippen molar-refractivity contribution in [3.05, 3.63) is 24.3 Å². The van der Waals surface area contributed by atoms with E-state index in [1.165, 1.54) is 32.1 Å². The van der Waals surface area contributed by atoms with Crippen molar-refractivity contribution in [1.82, 2.24) is 9.97 Å². The SMILES string of the molecule is CN(C)c1nc(NC2CCCCC2)c2ccccc2n1. The Balaban J connectivity index is 1.98. The molecule has 1 aliphatic rings. The molecule has 1 heterocycles. The van der Waals surface area contributed by atoms with Gasteiger partial charge >= 0.3 is 0 Å². The first-order chi connectivity index (χ1) is 9.74. The van der Waals surface area contributed by atoms with Crippen molar-refractivity contribution >= 4 is 22.7 Å². The molecule has 0 amide bonds. The van der Waals surface area contributed by atoms with Crippen LogP contribution in [0.2, 0.25) is 0 Å². The van der Waals surface area contributed by atoms with Crippen LogP contribution < -0.4 is 10.2 Å². The largest absolute Gasteiger partial charge is 0.367 e. The average Bonchev–Trinajstić information content (AvgIpc) is 2.48. The van der Waals surface area contributed by atoms with Crippen LogP contribution in [0.3, 0.4) is 0 Å². The van der Waals surface area contributed by atoms with Gasteiger partial charge in [0.05, 0.1) is 5.52 Å². The van der Waals surface area contributed by atoms with E-state index in [0.29, 0.717) is 6.04 Å². The summed E-state index contributed by atoms with van der Waals surface area (Å²) in [5.41, 5.74) is 1.00. The van der Waals surface area contributed by atoms with Gasteiger partial charge in [0.15, 0.2) is 0 Å². The molecule has 0 saturated heterocycles. The van der Waals surface area contributed by atoms with E-state index in [4.69, 9.17) is 4.98 Å². The van der Waals surface area contributed by atoms with Gasteiger partial charge in [0.2, 0.25) is 5.95 Å². The summed E-state index contributed by atoms with van der Waals surface area (Å²) < 4.78 is 0. The topological polar surface area (TPSA) is 41.1 Å². The van der Waals surface area contributed by atoms with E-state index in [0.717, 1.165) is 22.7 Å². The number of nitrogens with zero attached hydrogens (tertiary/aromatic N) is 3. The predicted molar refractivity (Wildman–Crippen MR) is 84.4 cm³/mol. The highest BCUT2D eigenvalue weighted by molar-refractivity contribution is 5.90. The van der Waals surface area contributed by atoms with Crippen molar-refractivity contribution < 1.29 is 0 Å². The van der Waals surface area contributed by atoms with Crippen LogP contribution in [-0.2, 0) is 0 Å². The zero-order valence-corrected chi connectivity index (χ0v) is 12.3. The molecule has 1 N–H and O–H groups in total. The lowest BCUT2D eigenvalue weighted by atomic mass is 9.95. The van der Waals surface area contributed by atoms with E-state index in [1.54, 1.807) is 0 Å². The first-order valence-corrected chi connectivity index (χ1v) is 7.44. The van der Waals surface area contributed by atoms with Crippen LogP contribution in [0.25, 0.3) is 10.9 Å². The molecule has 106 valence electrons. The zero-order chi connectivity index (χ0) is 13.9. The third-order valence-corrected chi connectivity index (χ3v) is 3.94. The highest BCUT2D eigenvalue weighted by Crippen LogP contribution is 2.26. The van der Waals surface area contributed by atoms with Gasteiger partial charge < -0.3 is 10.2 Å². The second-order valence-corrected chi connectivity index (χ2v) is 5.76. The molecular formula is C16H22N4. The van der Waals surface area contributed by atoms with Gasteiger partial charge in [0, 0.05) is 25.5 Å². The molecule has 0 bridgehead atoms. The summed E-state index contributed by atoms with van der Waals surface area (Å²) >= 11 is 0. The van der Waals surface area contributed by atoms with Gasteiger partial charge in [-0.3, -0.25) is 0 Å². The van der Waals surface area contributed by atoms with Crippen LogP contribution in [-0.4, -0.2) is 30.1 Å². The maximum Gasteiger partial charge on any atom is 0.227 e. The third kappa shape index (κ3) is 2.69. The summed E-state index contributed by atoms with van der Waals surface area (Å²) in [6.45, 7) is 0. The number of hydrogen-bond acceptors (Lipinski definition) is 4. The predicted octanol–water partition coefficient (Wildman–Crippen LogP) is 3.44. The smallest absolute Gasteiger partial charge is 0.227 e. The molecule has 0 spiro atoms. The fourth-order valence-corrected chi connectivity index (χ4v) is 2.81. The Labute approximate surface area is 120 Å². The molecule has 0 aliphatic heterocycles. The Morgan fingerprint density at radius 3 is 2.55 bits per heavy atom. The van der Waals surface area contributed by atoms with Crippen LogP contribution in [0, 0.1) is 0 Å². The molecule has 1 saturated carbocycles. The van der Waals surface area contributed by atoms with Gasteiger partial charge in [-0.05, 0) is 25.0 Å². The Morgan fingerprint density at radius 2 is 1.80 bits per heavy atom. The number of hydrogen-bond donors (Lipinski definition) is 1. The van der Waals surface area contributed by atoms with E-state index < -0.39 is 0 Å². The summed E-state index contributed by atoms with van der Waals surface area (Å²) in [4.78, 5) is 11.3. The molecule has 1 fully saturated rings. The Bertz CT molecular complexity index is 588. The first kappa shape index (κ1) is 13.2. The molecule has 4 heteroatoms. The van der Waals surface area contributed by atoms with E-state index >= 15 is 0 Å². The lowest BCUT2D eigenvalue weighted by Gasteiger charge is -2.24. The lowest BCUT2D eigenvalue weighted by Crippen LogP contribution is -2.24. The van der Waals surface area contributed by atoms with Crippen molar-refractivity contribution in [2.75, 3.05) is 24.3 Å². The number of anilines is 2. The molecule has 20 heavy (non-hydrogen) atoms. The third-order valence-electron chi connectivity index (χ3n) is 3.94. The number of para-hydroxylation sites is 1. The normalized spacial score (nSPS) is 16.3. The maximum absolute atomic E-state index is 4.70. The van der Waals surface area contributed by atoms with Crippen LogP contribution in [0.4, 0.5) is 11.8 Å². The standard InChI is InChI=1S/C16H22N4/c1-20(2)16-18-14-11-7-6-10-13(14)15(19-16)17-12-8-4-3-5-9-12/h6-7,10-12H,3-5,8-9H2,1-2H3,(H,17,18,19). The average molecular weight is 270 g/mol. The molecule has 4 nitrogen and oxygen atoms in total. The maximum atomic E-state index is 4.70. The van der Waals surface area contributed by atoms with Crippen molar-refractivity contribution in [3.8, 4) is 0 Å². The van der Waals surface area contributed by atoms with E-state index in [9.17, 15) is 0 Å². The fraction of sp³-hybridized carbons (Fsp3) is 0.500. The van der Waals surface area contributed by atoms with E-state index in [-0.39, 0.29) is 0 Å². The van der Waals surface area contributed by atoms with Crippen molar-refractivity contribution in [1.29, 1.82) is 0 Å². The Hall–Kier alpha value is -1.84. The second-order valence-electron chi connectivity index (χ2n) is 5.76. The Morgan fingerprint density at radius 1 is 1.05 bits per heavy atom. The number of nitrogens with one attached hydrogen (secondary N) is 1. The van der Waals surface area contributed by atoms with Crippen LogP contribution in [0.15, 0.2) is 24.3 Å². The highest BCUT2D eigenvalue weighted by Gasteiger charge is 2.16. The van der Waals surface area contributed by atoms with E-state index in [2.05, 4.69) is 22.4 Å². The monoisotopic (exact) mass is 270 g/mol. The van der Waals surface area contributed by atoms with Gasteiger partial charge in [-0.1, -0.05) is 31.4 Å². The van der Waals surface area contributed by atoms with Gasteiger partial charge in [0.25, 0.3) is 0 Å².